The Morgan fingerprint density at radius 3 is 2.44 bits per heavy atom. The van der Waals surface area contributed by atoms with E-state index in [1.807, 2.05) is 30.3 Å². The van der Waals surface area contributed by atoms with E-state index < -0.39 is 0 Å². The van der Waals surface area contributed by atoms with Crippen molar-refractivity contribution in [3.8, 4) is 11.8 Å². The highest BCUT2D eigenvalue weighted by Crippen LogP contribution is 2.19. The minimum Gasteiger partial charge on any atom is -0.496 e. The summed E-state index contributed by atoms with van der Waals surface area (Å²) in [5.74, 6) is 0.132. The summed E-state index contributed by atoms with van der Waals surface area (Å²) < 4.78 is 5.25. The number of methoxy groups -OCH3 is 1. The fourth-order valence-electron chi connectivity index (χ4n) is 2.34. The number of carbonyl (C=O) groups excluding carboxylic acids is 2. The molecular weight excluding hydrogens is 318 g/mol. The van der Waals surface area contributed by atoms with Gasteiger partial charge in [0, 0.05) is 17.8 Å². The van der Waals surface area contributed by atoms with Crippen LogP contribution in [0.3, 0.4) is 0 Å². The lowest BCUT2D eigenvalue weighted by Crippen LogP contribution is -2.23. The molecule has 0 aliphatic carbocycles. The maximum Gasteiger partial charge on any atom is 0.234 e. The molecule has 0 aliphatic rings. The fourth-order valence-corrected chi connectivity index (χ4v) is 2.34. The topological polar surface area (TPSA) is 91.2 Å². The number of anilines is 1. The molecule has 128 valence electrons. The third-order valence-corrected chi connectivity index (χ3v) is 3.55. The van der Waals surface area contributed by atoms with E-state index >= 15 is 0 Å². The van der Waals surface area contributed by atoms with E-state index in [1.165, 1.54) is 0 Å². The Labute approximate surface area is 146 Å². The predicted octanol–water partition coefficient (Wildman–Crippen LogP) is 2.41. The lowest BCUT2D eigenvalue weighted by Gasteiger charge is -2.12. The first-order valence-corrected chi connectivity index (χ1v) is 7.77. The largest absolute Gasteiger partial charge is 0.496 e. The van der Waals surface area contributed by atoms with Gasteiger partial charge in [0.05, 0.1) is 19.6 Å². The van der Waals surface area contributed by atoms with E-state index in [0.717, 1.165) is 11.1 Å². The van der Waals surface area contributed by atoms with Crippen LogP contribution in [0.1, 0.15) is 17.5 Å². The van der Waals surface area contributed by atoms with Crippen LogP contribution in [-0.4, -0.2) is 18.9 Å². The van der Waals surface area contributed by atoms with Gasteiger partial charge in [-0.05, 0) is 17.7 Å². The molecule has 0 atom stereocenters. The van der Waals surface area contributed by atoms with Crippen molar-refractivity contribution in [2.45, 2.75) is 19.4 Å². The van der Waals surface area contributed by atoms with Crippen LogP contribution < -0.4 is 15.4 Å². The normalized spacial score (nSPS) is 9.76. The van der Waals surface area contributed by atoms with Crippen molar-refractivity contribution in [2.75, 3.05) is 12.4 Å². The molecule has 0 bridgehead atoms. The van der Waals surface area contributed by atoms with Crippen molar-refractivity contribution in [2.24, 2.45) is 0 Å². The molecule has 2 rings (SSSR count). The summed E-state index contributed by atoms with van der Waals surface area (Å²) in [5.41, 5.74) is 2.18. The molecule has 6 nitrogen and oxygen atoms in total. The molecule has 0 unspecified atom stereocenters. The third-order valence-electron chi connectivity index (χ3n) is 3.55. The lowest BCUT2D eigenvalue weighted by molar-refractivity contribution is -0.120. The van der Waals surface area contributed by atoms with Gasteiger partial charge in [-0.1, -0.05) is 36.4 Å². The van der Waals surface area contributed by atoms with E-state index in [0.29, 0.717) is 11.4 Å². The maximum absolute atomic E-state index is 12.3. The number of nitrogens with zero attached hydrogens (tertiary/aromatic N) is 1. The molecule has 0 heterocycles. The minimum atomic E-state index is -0.349. The number of rotatable bonds is 7. The number of benzene rings is 2. The first-order valence-electron chi connectivity index (χ1n) is 7.77. The molecule has 25 heavy (non-hydrogen) atoms. The highest BCUT2D eigenvalue weighted by molar-refractivity contribution is 5.93. The van der Waals surface area contributed by atoms with Gasteiger partial charge in [0.2, 0.25) is 11.8 Å². The number of ether oxygens (including phenoxy) is 1. The van der Waals surface area contributed by atoms with E-state index in [1.54, 1.807) is 31.4 Å². The van der Waals surface area contributed by atoms with Crippen LogP contribution in [0.25, 0.3) is 0 Å². The van der Waals surface area contributed by atoms with E-state index in [2.05, 4.69) is 10.6 Å². The number of para-hydroxylation sites is 2. The summed E-state index contributed by atoms with van der Waals surface area (Å²) in [5, 5.41) is 14.0. The standard InChI is InChI=1S/C19H19N3O3/c1-25-17-9-5-3-6-14(17)12-19(24)22-16-8-4-2-7-15(16)13-21-18(23)10-11-20/h2-9H,10,12-13H2,1H3,(H,21,23)(H,22,24). The smallest absolute Gasteiger partial charge is 0.234 e. The number of hydrogen-bond donors (Lipinski definition) is 2. The van der Waals surface area contributed by atoms with Crippen LogP contribution in [0.2, 0.25) is 0 Å². The van der Waals surface area contributed by atoms with Gasteiger partial charge in [-0.25, -0.2) is 0 Å². The van der Waals surface area contributed by atoms with Crippen molar-refractivity contribution in [1.29, 1.82) is 5.26 Å². The average Bonchev–Trinajstić information content (AvgIpc) is 2.61. The zero-order valence-corrected chi connectivity index (χ0v) is 13.9. The zero-order chi connectivity index (χ0) is 18.1. The predicted molar refractivity (Wildman–Crippen MR) is 93.8 cm³/mol. The molecule has 0 radical (unpaired) electrons. The molecule has 0 saturated carbocycles. The Hall–Kier alpha value is -3.33. The second-order valence-electron chi connectivity index (χ2n) is 5.31. The van der Waals surface area contributed by atoms with Gasteiger partial charge in [-0.2, -0.15) is 5.26 Å². The van der Waals surface area contributed by atoms with Gasteiger partial charge in [0.25, 0.3) is 0 Å². The molecular formula is C19H19N3O3. The Kier molecular flexibility index (Phi) is 6.55. The second-order valence-corrected chi connectivity index (χ2v) is 5.31. The molecule has 0 spiro atoms. The summed E-state index contributed by atoms with van der Waals surface area (Å²) in [7, 11) is 1.57. The van der Waals surface area contributed by atoms with Crippen LogP contribution >= 0.6 is 0 Å². The number of nitrogens with one attached hydrogen (secondary N) is 2. The van der Waals surface area contributed by atoms with Gasteiger partial charge < -0.3 is 15.4 Å². The number of hydrogen-bond acceptors (Lipinski definition) is 4. The Bertz CT molecular complexity index is 796. The van der Waals surface area contributed by atoms with Crippen LogP contribution in [0.4, 0.5) is 5.69 Å². The maximum atomic E-state index is 12.3. The van der Waals surface area contributed by atoms with Crippen LogP contribution in [0.15, 0.2) is 48.5 Å². The monoisotopic (exact) mass is 337 g/mol. The summed E-state index contributed by atoms with van der Waals surface area (Å²) >= 11 is 0. The number of nitriles is 1. The summed E-state index contributed by atoms with van der Waals surface area (Å²) in [4.78, 5) is 23.8. The first kappa shape index (κ1) is 18.0. The van der Waals surface area contributed by atoms with E-state index in [-0.39, 0.29) is 31.2 Å². The van der Waals surface area contributed by atoms with Crippen molar-refractivity contribution < 1.29 is 14.3 Å². The highest BCUT2D eigenvalue weighted by Gasteiger charge is 2.11. The van der Waals surface area contributed by atoms with E-state index in [4.69, 9.17) is 10.00 Å². The fraction of sp³-hybridized carbons (Fsp3) is 0.211. The number of carbonyl (C=O) groups is 2. The minimum absolute atomic E-state index is 0.180. The SMILES string of the molecule is COc1ccccc1CC(=O)Nc1ccccc1CNC(=O)CC#N. The summed E-state index contributed by atoms with van der Waals surface area (Å²) in [6, 6.07) is 16.3. The van der Waals surface area contributed by atoms with Crippen molar-refractivity contribution in [3.05, 3.63) is 59.7 Å². The van der Waals surface area contributed by atoms with Gasteiger partial charge in [0.1, 0.15) is 12.2 Å². The van der Waals surface area contributed by atoms with Gasteiger partial charge in [0.15, 0.2) is 0 Å². The van der Waals surface area contributed by atoms with Crippen LogP contribution in [0, 0.1) is 11.3 Å². The third kappa shape index (κ3) is 5.36. The van der Waals surface area contributed by atoms with Gasteiger partial charge in [-0.15, -0.1) is 0 Å². The molecule has 0 aliphatic heterocycles. The summed E-state index contributed by atoms with van der Waals surface area (Å²) in [6.07, 6.45) is -0.0124. The molecule has 0 fully saturated rings. The van der Waals surface area contributed by atoms with Gasteiger partial charge >= 0.3 is 0 Å². The lowest BCUT2D eigenvalue weighted by atomic mass is 10.1. The Balaban J connectivity index is 2.03. The molecule has 0 saturated heterocycles. The molecule has 0 aromatic heterocycles. The quantitative estimate of drug-likeness (QED) is 0.811. The van der Waals surface area contributed by atoms with Crippen molar-refractivity contribution in [1.82, 2.24) is 5.32 Å². The van der Waals surface area contributed by atoms with Gasteiger partial charge in [-0.3, -0.25) is 9.59 Å². The molecule has 2 aromatic rings. The second kappa shape index (κ2) is 9.08. The average molecular weight is 337 g/mol. The van der Waals surface area contributed by atoms with E-state index in [9.17, 15) is 9.59 Å². The molecule has 2 amide bonds. The molecule has 2 N–H and O–H groups in total. The number of amides is 2. The molecule has 2 aromatic carbocycles. The summed E-state index contributed by atoms with van der Waals surface area (Å²) in [6.45, 7) is 0.242. The van der Waals surface area contributed by atoms with Crippen molar-refractivity contribution in [3.63, 3.8) is 0 Å². The first-order chi connectivity index (χ1) is 12.1. The van der Waals surface area contributed by atoms with Crippen molar-refractivity contribution >= 4 is 17.5 Å². The highest BCUT2D eigenvalue weighted by atomic mass is 16.5. The molecule has 6 heteroatoms. The van der Waals surface area contributed by atoms with Crippen LogP contribution in [-0.2, 0) is 22.6 Å². The van der Waals surface area contributed by atoms with Crippen LogP contribution in [0.5, 0.6) is 5.75 Å². The Morgan fingerprint density at radius 2 is 1.72 bits per heavy atom. The Morgan fingerprint density at radius 1 is 1.04 bits per heavy atom. The zero-order valence-electron chi connectivity index (χ0n) is 13.9.